The van der Waals surface area contributed by atoms with Crippen LogP contribution in [0.5, 0.6) is 5.75 Å². The lowest BCUT2D eigenvalue weighted by Crippen LogP contribution is -2.18. The predicted octanol–water partition coefficient (Wildman–Crippen LogP) is 4.74. The summed E-state index contributed by atoms with van der Waals surface area (Å²) in [5.41, 5.74) is 4.79. The zero-order valence-corrected chi connectivity index (χ0v) is 16.4. The summed E-state index contributed by atoms with van der Waals surface area (Å²) >= 11 is 0. The lowest BCUT2D eigenvalue weighted by atomic mass is 9.96. The van der Waals surface area contributed by atoms with E-state index >= 15 is 0 Å². The van der Waals surface area contributed by atoms with Crippen molar-refractivity contribution in [2.75, 3.05) is 19.5 Å². The average molecular weight is 385 g/mol. The Morgan fingerprint density at radius 2 is 1.69 bits per heavy atom. The van der Waals surface area contributed by atoms with Crippen LogP contribution in [-0.4, -0.2) is 25.0 Å². The van der Waals surface area contributed by atoms with Gasteiger partial charge in [-0.25, -0.2) is 0 Å². The van der Waals surface area contributed by atoms with E-state index in [4.69, 9.17) is 4.74 Å². The maximum atomic E-state index is 11.9. The fourth-order valence-electron chi connectivity index (χ4n) is 3.56. The normalized spacial score (nSPS) is 11.8. The molecule has 4 rings (SSSR count). The van der Waals surface area contributed by atoms with Crippen molar-refractivity contribution in [2.45, 2.75) is 6.04 Å². The fraction of sp³-hybridized carbons (Fsp3) is 0.125. The summed E-state index contributed by atoms with van der Waals surface area (Å²) in [4.78, 5) is 15.3. The van der Waals surface area contributed by atoms with Crippen LogP contribution in [0.2, 0.25) is 0 Å². The van der Waals surface area contributed by atoms with E-state index in [1.807, 2.05) is 66.9 Å². The second-order valence-electron chi connectivity index (χ2n) is 6.77. The van der Waals surface area contributed by atoms with Crippen molar-refractivity contribution in [3.8, 4) is 5.75 Å². The van der Waals surface area contributed by atoms with E-state index in [9.17, 15) is 4.79 Å². The highest BCUT2D eigenvalue weighted by atomic mass is 16.5. The van der Waals surface area contributed by atoms with E-state index in [1.54, 1.807) is 14.2 Å². The summed E-state index contributed by atoms with van der Waals surface area (Å²) in [6, 6.07) is 23.6. The molecule has 0 spiro atoms. The fourth-order valence-corrected chi connectivity index (χ4v) is 3.56. The van der Waals surface area contributed by atoms with Crippen molar-refractivity contribution in [2.24, 2.45) is 0 Å². The van der Waals surface area contributed by atoms with E-state index in [2.05, 4.69) is 27.8 Å². The Kier molecular flexibility index (Phi) is 5.20. The molecule has 3 aromatic carbocycles. The van der Waals surface area contributed by atoms with Gasteiger partial charge < -0.3 is 20.4 Å². The van der Waals surface area contributed by atoms with Crippen molar-refractivity contribution < 1.29 is 9.53 Å². The van der Waals surface area contributed by atoms with E-state index in [0.29, 0.717) is 5.56 Å². The van der Waals surface area contributed by atoms with Crippen molar-refractivity contribution in [1.29, 1.82) is 0 Å². The maximum Gasteiger partial charge on any atom is 0.251 e. The number of para-hydroxylation sites is 3. The molecule has 1 amide bonds. The SMILES string of the molecule is CNC(=O)c1ccc(C(Nc2ccccc2OC)c2c[nH]c3ccccc23)cc1. The first-order valence-corrected chi connectivity index (χ1v) is 9.49. The Morgan fingerprint density at radius 3 is 2.45 bits per heavy atom. The van der Waals surface area contributed by atoms with Crippen molar-refractivity contribution in [1.82, 2.24) is 10.3 Å². The van der Waals surface area contributed by atoms with Gasteiger partial charge in [-0.3, -0.25) is 4.79 Å². The molecule has 1 heterocycles. The first kappa shape index (κ1) is 18.6. The number of H-pyrrole nitrogens is 1. The van der Waals surface area contributed by atoms with Crippen LogP contribution < -0.4 is 15.4 Å². The van der Waals surface area contributed by atoms with Crippen LogP contribution in [0, 0.1) is 0 Å². The molecule has 0 bridgehead atoms. The number of aromatic amines is 1. The quantitative estimate of drug-likeness (QED) is 0.449. The van der Waals surface area contributed by atoms with Crippen molar-refractivity contribution in [3.05, 3.63) is 95.7 Å². The standard InChI is InChI=1S/C24H23N3O2/c1-25-24(28)17-13-11-16(12-14-17)23(27-21-9-5-6-10-22(21)29-2)19-15-26-20-8-4-3-7-18(19)20/h3-15,23,26-27H,1-2H3,(H,25,28). The first-order valence-electron chi connectivity index (χ1n) is 9.49. The summed E-state index contributed by atoms with van der Waals surface area (Å²) in [5, 5.41) is 7.44. The van der Waals surface area contributed by atoms with Gasteiger partial charge in [0.15, 0.2) is 0 Å². The predicted molar refractivity (Wildman–Crippen MR) is 117 cm³/mol. The molecule has 0 aliphatic heterocycles. The van der Waals surface area contributed by atoms with Gasteiger partial charge in [-0.2, -0.15) is 0 Å². The van der Waals surface area contributed by atoms with Gasteiger partial charge in [-0.05, 0) is 35.9 Å². The molecule has 5 heteroatoms. The lowest BCUT2D eigenvalue weighted by Gasteiger charge is -2.22. The third kappa shape index (κ3) is 3.67. The number of carbonyl (C=O) groups is 1. The lowest BCUT2D eigenvalue weighted by molar-refractivity contribution is 0.0963. The second kappa shape index (κ2) is 8.10. The molecule has 0 fully saturated rings. The van der Waals surface area contributed by atoms with Gasteiger partial charge in [-0.15, -0.1) is 0 Å². The van der Waals surface area contributed by atoms with Crippen LogP contribution in [-0.2, 0) is 0 Å². The van der Waals surface area contributed by atoms with Crippen LogP contribution >= 0.6 is 0 Å². The number of anilines is 1. The Hall–Kier alpha value is -3.73. The first-order chi connectivity index (χ1) is 14.2. The van der Waals surface area contributed by atoms with Crippen molar-refractivity contribution in [3.63, 3.8) is 0 Å². The number of amides is 1. The number of rotatable bonds is 6. The number of carbonyl (C=O) groups excluding carboxylic acids is 1. The van der Waals surface area contributed by atoms with Crippen LogP contribution in [0.4, 0.5) is 5.69 Å². The number of benzene rings is 3. The van der Waals surface area contributed by atoms with Gasteiger partial charge in [0.05, 0.1) is 18.8 Å². The largest absolute Gasteiger partial charge is 0.495 e. The van der Waals surface area contributed by atoms with Gasteiger partial charge in [0.25, 0.3) is 5.91 Å². The van der Waals surface area contributed by atoms with E-state index in [1.165, 1.54) is 0 Å². The number of ether oxygens (including phenoxy) is 1. The molecule has 1 atom stereocenters. The van der Waals surface area contributed by atoms with Crippen LogP contribution in [0.3, 0.4) is 0 Å². The Morgan fingerprint density at radius 1 is 0.966 bits per heavy atom. The summed E-state index contributed by atoms with van der Waals surface area (Å²) < 4.78 is 5.53. The zero-order valence-electron chi connectivity index (χ0n) is 16.4. The highest BCUT2D eigenvalue weighted by molar-refractivity contribution is 5.94. The Balaban J connectivity index is 1.80. The second-order valence-corrected chi connectivity index (χ2v) is 6.77. The molecule has 1 aromatic heterocycles. The number of aromatic nitrogens is 1. The average Bonchev–Trinajstić information content (AvgIpc) is 3.21. The number of fused-ring (bicyclic) bond motifs is 1. The molecule has 29 heavy (non-hydrogen) atoms. The minimum atomic E-state index is -0.124. The summed E-state index contributed by atoms with van der Waals surface area (Å²) in [6.07, 6.45) is 2.03. The third-order valence-corrected chi connectivity index (χ3v) is 5.07. The Bertz CT molecular complexity index is 1130. The van der Waals surface area contributed by atoms with E-state index in [-0.39, 0.29) is 11.9 Å². The third-order valence-electron chi connectivity index (χ3n) is 5.07. The van der Waals surface area contributed by atoms with Gasteiger partial charge in [-0.1, -0.05) is 42.5 Å². The molecule has 0 aliphatic rings. The van der Waals surface area contributed by atoms with Crippen LogP contribution in [0.1, 0.15) is 27.5 Å². The maximum absolute atomic E-state index is 11.9. The zero-order chi connectivity index (χ0) is 20.2. The highest BCUT2D eigenvalue weighted by Crippen LogP contribution is 2.35. The molecular formula is C24H23N3O2. The van der Waals surface area contributed by atoms with Gasteiger partial charge in [0, 0.05) is 35.3 Å². The monoisotopic (exact) mass is 385 g/mol. The number of hydrogen-bond donors (Lipinski definition) is 3. The smallest absolute Gasteiger partial charge is 0.251 e. The van der Waals surface area contributed by atoms with E-state index < -0.39 is 0 Å². The molecule has 3 N–H and O–H groups in total. The Labute approximate surface area is 169 Å². The van der Waals surface area contributed by atoms with Gasteiger partial charge in [0.1, 0.15) is 5.75 Å². The molecular weight excluding hydrogens is 362 g/mol. The summed E-state index contributed by atoms with van der Waals surface area (Å²) in [7, 11) is 3.30. The minimum Gasteiger partial charge on any atom is -0.495 e. The molecule has 0 saturated heterocycles. The molecule has 146 valence electrons. The summed E-state index contributed by atoms with van der Waals surface area (Å²) in [5.74, 6) is 0.678. The number of hydrogen-bond acceptors (Lipinski definition) is 3. The highest BCUT2D eigenvalue weighted by Gasteiger charge is 2.20. The minimum absolute atomic E-state index is 0.0992. The van der Waals surface area contributed by atoms with E-state index in [0.717, 1.165) is 33.5 Å². The topological polar surface area (TPSA) is 66.2 Å². The molecule has 0 radical (unpaired) electrons. The van der Waals surface area contributed by atoms with Crippen molar-refractivity contribution >= 4 is 22.5 Å². The molecule has 0 aliphatic carbocycles. The van der Waals surface area contributed by atoms with Gasteiger partial charge >= 0.3 is 0 Å². The molecule has 0 saturated carbocycles. The van der Waals surface area contributed by atoms with Crippen LogP contribution in [0.25, 0.3) is 10.9 Å². The molecule has 4 aromatic rings. The van der Waals surface area contributed by atoms with Gasteiger partial charge in [0.2, 0.25) is 0 Å². The van der Waals surface area contributed by atoms with Crippen LogP contribution in [0.15, 0.2) is 79.0 Å². The number of methoxy groups -OCH3 is 1. The molecule has 1 unspecified atom stereocenters. The summed E-state index contributed by atoms with van der Waals surface area (Å²) in [6.45, 7) is 0. The molecule has 5 nitrogen and oxygen atoms in total. The number of nitrogens with one attached hydrogen (secondary N) is 3.